The molecule has 0 radical (unpaired) electrons. The maximum Gasteiger partial charge on any atom is 0.401 e. The highest BCUT2D eigenvalue weighted by Crippen LogP contribution is 2.54. The molecular formula is C17H18ClF3N2O2. The highest BCUT2D eigenvalue weighted by molar-refractivity contribution is 6.30. The number of ether oxygens (including phenoxy) is 2. The molecule has 0 bridgehead atoms. The maximum absolute atomic E-state index is 14.5. The average molecular weight is 375 g/mol. The summed E-state index contributed by atoms with van der Waals surface area (Å²) in [6, 6.07) is 3.72. The van der Waals surface area contributed by atoms with Crippen molar-refractivity contribution in [3.63, 3.8) is 0 Å². The molecule has 2 aliphatic heterocycles. The molecule has 0 spiro atoms. The predicted octanol–water partition coefficient (Wildman–Crippen LogP) is 4.16. The van der Waals surface area contributed by atoms with Gasteiger partial charge in [0, 0.05) is 29.4 Å². The number of hydrogen-bond acceptors (Lipinski definition) is 4. The van der Waals surface area contributed by atoms with Gasteiger partial charge in [0.1, 0.15) is 11.5 Å². The van der Waals surface area contributed by atoms with Crippen LogP contribution in [0.4, 0.5) is 18.9 Å². The molecular weight excluding hydrogens is 357 g/mol. The Morgan fingerprint density at radius 3 is 2.76 bits per heavy atom. The quantitative estimate of drug-likeness (QED) is 0.864. The summed E-state index contributed by atoms with van der Waals surface area (Å²) in [5.74, 6) is -0.768. The number of fused-ring (bicyclic) bond motifs is 2. The zero-order valence-corrected chi connectivity index (χ0v) is 14.5. The molecule has 3 rings (SSSR count). The van der Waals surface area contributed by atoms with Crippen molar-refractivity contribution in [2.75, 3.05) is 25.6 Å². The summed E-state index contributed by atoms with van der Waals surface area (Å²) >= 11 is 6.02. The Kier molecular flexibility index (Phi) is 4.72. The lowest BCUT2D eigenvalue weighted by Crippen LogP contribution is -2.61. The SMILES string of the molecule is CCOCC1(C(F)(F)F)c2cc(Cl)ccc2NC2C(OC)=NC=CC21. The van der Waals surface area contributed by atoms with Gasteiger partial charge in [-0.3, -0.25) is 0 Å². The van der Waals surface area contributed by atoms with E-state index in [2.05, 4.69) is 10.3 Å². The number of benzene rings is 1. The first kappa shape index (κ1) is 18.1. The minimum Gasteiger partial charge on any atom is -0.483 e. The molecule has 3 atom stereocenters. The van der Waals surface area contributed by atoms with Crippen LogP contribution in [0, 0.1) is 5.92 Å². The summed E-state index contributed by atoms with van der Waals surface area (Å²) < 4.78 is 53.9. The third-order valence-electron chi connectivity index (χ3n) is 4.71. The fourth-order valence-electron chi connectivity index (χ4n) is 3.55. The Hall–Kier alpha value is -1.73. The van der Waals surface area contributed by atoms with Crippen LogP contribution in [0.2, 0.25) is 5.02 Å². The van der Waals surface area contributed by atoms with Gasteiger partial charge < -0.3 is 14.8 Å². The van der Waals surface area contributed by atoms with Crippen molar-refractivity contribution < 1.29 is 22.6 Å². The van der Waals surface area contributed by atoms with E-state index in [4.69, 9.17) is 21.1 Å². The minimum atomic E-state index is -4.56. The molecule has 1 aromatic carbocycles. The molecule has 2 aliphatic rings. The van der Waals surface area contributed by atoms with Crippen molar-refractivity contribution in [1.29, 1.82) is 0 Å². The monoisotopic (exact) mass is 374 g/mol. The fourth-order valence-corrected chi connectivity index (χ4v) is 3.73. The van der Waals surface area contributed by atoms with E-state index in [1.54, 1.807) is 19.1 Å². The first-order valence-corrected chi connectivity index (χ1v) is 8.22. The van der Waals surface area contributed by atoms with E-state index in [1.165, 1.54) is 25.5 Å². The number of anilines is 1. The first-order valence-electron chi connectivity index (χ1n) is 7.84. The third-order valence-corrected chi connectivity index (χ3v) is 4.95. The van der Waals surface area contributed by atoms with Gasteiger partial charge in [0.05, 0.1) is 13.7 Å². The Morgan fingerprint density at radius 1 is 1.36 bits per heavy atom. The smallest absolute Gasteiger partial charge is 0.401 e. The topological polar surface area (TPSA) is 42.8 Å². The number of nitrogens with one attached hydrogen (secondary N) is 1. The number of halogens is 4. The Balaban J connectivity index is 2.26. The molecule has 25 heavy (non-hydrogen) atoms. The lowest BCUT2D eigenvalue weighted by atomic mass is 9.63. The van der Waals surface area contributed by atoms with E-state index in [-0.39, 0.29) is 23.1 Å². The lowest BCUT2D eigenvalue weighted by molar-refractivity contribution is -0.218. The van der Waals surface area contributed by atoms with Crippen LogP contribution in [0.25, 0.3) is 0 Å². The van der Waals surface area contributed by atoms with Crippen LogP contribution in [0.5, 0.6) is 0 Å². The largest absolute Gasteiger partial charge is 0.483 e. The van der Waals surface area contributed by atoms with Gasteiger partial charge in [-0.1, -0.05) is 17.7 Å². The molecule has 0 saturated carbocycles. The molecule has 8 heteroatoms. The summed E-state index contributed by atoms with van der Waals surface area (Å²) in [4.78, 5) is 4.07. The van der Waals surface area contributed by atoms with E-state index in [0.717, 1.165) is 0 Å². The second kappa shape index (κ2) is 6.53. The summed E-state index contributed by atoms with van der Waals surface area (Å²) in [5, 5.41) is 3.35. The van der Waals surface area contributed by atoms with Gasteiger partial charge >= 0.3 is 6.18 Å². The van der Waals surface area contributed by atoms with Crippen LogP contribution in [-0.4, -0.2) is 38.4 Å². The van der Waals surface area contributed by atoms with Crippen molar-refractivity contribution in [3.8, 4) is 0 Å². The molecule has 2 heterocycles. The maximum atomic E-state index is 14.5. The molecule has 0 saturated heterocycles. The summed E-state index contributed by atoms with van der Waals surface area (Å²) in [7, 11) is 1.39. The van der Waals surface area contributed by atoms with Gasteiger partial charge in [0.15, 0.2) is 0 Å². The normalized spacial score (nSPS) is 27.8. The molecule has 4 nitrogen and oxygen atoms in total. The third kappa shape index (κ3) is 2.79. The fraction of sp³-hybridized carbons (Fsp3) is 0.471. The molecule has 0 aromatic heterocycles. The Labute approximate surface area is 148 Å². The standard InChI is InChI=1S/C17H18ClF3N2O2/c1-3-25-9-16(17(19,20)21)11-6-7-22-15(24-2)14(11)23-13-5-4-10(18)8-12(13)16/h4-8,11,14,23H,3,9H2,1-2H3. The second-order valence-corrected chi connectivity index (χ2v) is 6.39. The Morgan fingerprint density at radius 2 is 2.12 bits per heavy atom. The van der Waals surface area contributed by atoms with E-state index in [0.29, 0.717) is 5.69 Å². The van der Waals surface area contributed by atoms with Crippen LogP contribution in [0.3, 0.4) is 0 Å². The minimum absolute atomic E-state index is 0.0733. The van der Waals surface area contributed by atoms with Gasteiger partial charge in [-0.05, 0) is 30.7 Å². The number of methoxy groups -OCH3 is 1. The summed E-state index contributed by atoms with van der Waals surface area (Å²) in [6.45, 7) is 1.33. The van der Waals surface area contributed by atoms with Gasteiger partial charge in [-0.15, -0.1) is 0 Å². The van der Waals surface area contributed by atoms with Gasteiger partial charge in [0.2, 0.25) is 5.90 Å². The molecule has 1 N–H and O–H groups in total. The molecule has 3 unspecified atom stereocenters. The summed E-state index contributed by atoms with van der Waals surface area (Å²) in [6.07, 6.45) is -1.76. The highest BCUT2D eigenvalue weighted by atomic mass is 35.5. The Bertz CT molecular complexity index is 720. The van der Waals surface area contributed by atoms with Crippen LogP contribution >= 0.6 is 11.6 Å². The lowest BCUT2D eigenvalue weighted by Gasteiger charge is -2.49. The van der Waals surface area contributed by atoms with E-state index in [1.807, 2.05) is 0 Å². The molecule has 1 aromatic rings. The molecule has 0 aliphatic carbocycles. The van der Waals surface area contributed by atoms with Crippen LogP contribution in [0.15, 0.2) is 35.5 Å². The number of rotatable bonds is 3. The number of nitrogens with zero attached hydrogens (tertiary/aromatic N) is 1. The van der Waals surface area contributed by atoms with Crippen molar-refractivity contribution in [1.82, 2.24) is 0 Å². The van der Waals surface area contributed by atoms with Crippen LogP contribution in [0.1, 0.15) is 12.5 Å². The van der Waals surface area contributed by atoms with E-state index in [9.17, 15) is 13.2 Å². The first-order chi connectivity index (χ1) is 11.8. The number of hydrogen-bond donors (Lipinski definition) is 1. The average Bonchev–Trinajstić information content (AvgIpc) is 2.57. The predicted molar refractivity (Wildman–Crippen MR) is 90.2 cm³/mol. The van der Waals surface area contributed by atoms with Crippen molar-refractivity contribution in [2.45, 2.75) is 24.6 Å². The van der Waals surface area contributed by atoms with Gasteiger partial charge in [-0.25, -0.2) is 4.99 Å². The summed E-state index contributed by atoms with van der Waals surface area (Å²) in [5.41, 5.74) is -1.83. The zero-order chi connectivity index (χ0) is 18.2. The van der Waals surface area contributed by atoms with Crippen LogP contribution in [-0.2, 0) is 14.9 Å². The molecule has 0 amide bonds. The number of aliphatic imine (C=N–C) groups is 1. The van der Waals surface area contributed by atoms with Gasteiger partial charge in [-0.2, -0.15) is 13.2 Å². The van der Waals surface area contributed by atoms with Crippen LogP contribution < -0.4 is 5.32 Å². The highest BCUT2D eigenvalue weighted by Gasteiger charge is 2.65. The molecule has 136 valence electrons. The number of alkyl halides is 3. The van der Waals surface area contributed by atoms with Crippen molar-refractivity contribution >= 4 is 23.2 Å². The molecule has 0 fully saturated rings. The van der Waals surface area contributed by atoms with E-state index < -0.39 is 30.2 Å². The zero-order valence-electron chi connectivity index (χ0n) is 13.7. The van der Waals surface area contributed by atoms with Crippen molar-refractivity contribution in [3.05, 3.63) is 41.1 Å². The second-order valence-electron chi connectivity index (χ2n) is 5.96. The van der Waals surface area contributed by atoms with E-state index >= 15 is 0 Å². The van der Waals surface area contributed by atoms with Crippen molar-refractivity contribution in [2.24, 2.45) is 10.9 Å². The van der Waals surface area contributed by atoms with Gasteiger partial charge in [0.25, 0.3) is 0 Å².